The first-order chi connectivity index (χ1) is 21.9. The van der Waals surface area contributed by atoms with Crippen LogP contribution in [0.1, 0.15) is 27.4 Å². The van der Waals surface area contributed by atoms with Gasteiger partial charge in [0.05, 0.1) is 57.2 Å². The standard InChI is InChI=1S/C31H24ClF3N6O4S/c1-17-39-24-14-38-23(4-3-9-40(2)16-31(33,34)35)21(13-36)26(24)29(42)41(17)10-11-45-25-6-5-18(32)12-20(25)19-7-8-37-27-22(30(43)44)15-46-28(19)27/h3-8,12,14-15H,9-11,16H2,1-2H3,(H,43,44)/b4-3+. The predicted molar refractivity (Wildman–Crippen MR) is 168 cm³/mol. The van der Waals surface area contributed by atoms with Gasteiger partial charge in [0.15, 0.2) is 0 Å². The number of halogens is 4. The van der Waals surface area contributed by atoms with Crippen LogP contribution in [0.2, 0.25) is 5.02 Å². The molecule has 5 rings (SSSR count). The lowest BCUT2D eigenvalue weighted by Crippen LogP contribution is -2.31. The third kappa shape index (κ3) is 6.86. The van der Waals surface area contributed by atoms with E-state index in [4.69, 9.17) is 16.3 Å². The van der Waals surface area contributed by atoms with Gasteiger partial charge in [0.2, 0.25) is 0 Å². The Kier molecular flexibility index (Phi) is 9.38. The van der Waals surface area contributed by atoms with E-state index in [1.54, 1.807) is 31.2 Å². The Morgan fingerprint density at radius 1 is 1.26 bits per heavy atom. The van der Waals surface area contributed by atoms with Crippen molar-refractivity contribution < 1.29 is 27.8 Å². The fourth-order valence-corrected chi connectivity index (χ4v) is 6.13. The molecule has 0 saturated carbocycles. The maximum Gasteiger partial charge on any atom is 0.401 e. The number of aromatic carboxylic acids is 1. The third-order valence-electron chi connectivity index (χ3n) is 6.96. The number of aromatic nitrogens is 4. The monoisotopic (exact) mass is 668 g/mol. The van der Waals surface area contributed by atoms with Gasteiger partial charge in [-0.15, -0.1) is 11.3 Å². The highest BCUT2D eigenvalue weighted by Crippen LogP contribution is 2.39. The fraction of sp³-hybridized carbons (Fsp3) is 0.226. The fourth-order valence-electron chi connectivity index (χ4n) is 4.93. The van der Waals surface area contributed by atoms with Crippen molar-refractivity contribution in [3.63, 3.8) is 0 Å². The number of alkyl halides is 3. The number of carbonyl (C=O) groups is 1. The second-order valence-corrected chi connectivity index (χ2v) is 11.5. The summed E-state index contributed by atoms with van der Waals surface area (Å²) in [6.45, 7) is 0.558. The van der Waals surface area contributed by atoms with Crippen LogP contribution in [-0.2, 0) is 6.54 Å². The Morgan fingerprint density at radius 2 is 2.04 bits per heavy atom. The second-order valence-electron chi connectivity index (χ2n) is 10.2. The van der Waals surface area contributed by atoms with Crippen molar-refractivity contribution >= 4 is 56.1 Å². The molecule has 0 fully saturated rings. The van der Waals surface area contributed by atoms with Gasteiger partial charge in [-0.25, -0.2) is 9.78 Å². The van der Waals surface area contributed by atoms with E-state index in [1.165, 1.54) is 52.9 Å². The topological polar surface area (TPSA) is 134 Å². The van der Waals surface area contributed by atoms with Crippen molar-refractivity contribution in [2.24, 2.45) is 0 Å². The molecule has 0 aliphatic rings. The summed E-state index contributed by atoms with van der Waals surface area (Å²) in [5.74, 6) is -0.294. The van der Waals surface area contributed by atoms with E-state index >= 15 is 0 Å². The van der Waals surface area contributed by atoms with E-state index in [0.29, 0.717) is 37.9 Å². The Bertz CT molecular complexity index is 2110. The normalized spacial score (nSPS) is 12.0. The largest absolute Gasteiger partial charge is 0.491 e. The molecule has 236 valence electrons. The van der Waals surface area contributed by atoms with Crippen molar-refractivity contribution in [2.75, 3.05) is 26.7 Å². The molecule has 0 amide bonds. The summed E-state index contributed by atoms with van der Waals surface area (Å²) in [7, 11) is 1.31. The molecule has 15 heteroatoms. The van der Waals surface area contributed by atoms with E-state index < -0.39 is 24.2 Å². The average Bonchev–Trinajstić information content (AvgIpc) is 3.43. The zero-order valence-electron chi connectivity index (χ0n) is 24.3. The van der Waals surface area contributed by atoms with Gasteiger partial charge in [0, 0.05) is 34.3 Å². The smallest absolute Gasteiger partial charge is 0.401 e. The van der Waals surface area contributed by atoms with Crippen LogP contribution in [0.15, 0.2) is 52.9 Å². The van der Waals surface area contributed by atoms with Gasteiger partial charge in [-0.2, -0.15) is 18.4 Å². The first kappa shape index (κ1) is 32.6. The van der Waals surface area contributed by atoms with Crippen LogP contribution in [0.4, 0.5) is 13.2 Å². The van der Waals surface area contributed by atoms with Crippen molar-refractivity contribution in [3.8, 4) is 22.9 Å². The number of carboxylic acid groups (broad SMARTS) is 1. The van der Waals surface area contributed by atoms with Crippen LogP contribution in [0, 0.1) is 18.3 Å². The molecule has 0 bridgehead atoms. The Hall–Kier alpha value is -4.84. The number of hydrogen-bond acceptors (Lipinski definition) is 9. The van der Waals surface area contributed by atoms with Crippen molar-refractivity contribution in [3.05, 3.63) is 86.1 Å². The summed E-state index contributed by atoms with van der Waals surface area (Å²) >= 11 is 7.55. The summed E-state index contributed by atoms with van der Waals surface area (Å²) in [5.41, 5.74) is 1.52. The number of carboxylic acids is 1. The molecule has 0 atom stereocenters. The molecule has 1 aromatic carbocycles. The minimum absolute atomic E-state index is 0.0207. The number of thiophene rings is 1. The number of nitrogens with zero attached hydrogens (tertiary/aromatic N) is 6. The minimum Gasteiger partial charge on any atom is -0.491 e. The van der Waals surface area contributed by atoms with Crippen LogP contribution in [0.3, 0.4) is 0 Å². The molecule has 4 aromatic heterocycles. The van der Waals surface area contributed by atoms with Crippen LogP contribution in [0.5, 0.6) is 5.75 Å². The maximum atomic E-state index is 13.7. The lowest BCUT2D eigenvalue weighted by atomic mass is 10.0. The molecule has 10 nitrogen and oxygen atoms in total. The highest BCUT2D eigenvalue weighted by molar-refractivity contribution is 7.18. The molecular weight excluding hydrogens is 645 g/mol. The highest BCUT2D eigenvalue weighted by atomic mass is 35.5. The summed E-state index contributed by atoms with van der Waals surface area (Å²) < 4.78 is 46.1. The van der Waals surface area contributed by atoms with E-state index in [1.807, 2.05) is 6.07 Å². The first-order valence-electron chi connectivity index (χ1n) is 13.6. The number of rotatable bonds is 10. The Labute approximate surface area is 268 Å². The first-order valence-corrected chi connectivity index (χ1v) is 14.9. The molecule has 5 aromatic rings. The van der Waals surface area contributed by atoms with E-state index in [0.717, 1.165) is 4.90 Å². The van der Waals surface area contributed by atoms with Crippen LogP contribution >= 0.6 is 22.9 Å². The Balaban J connectivity index is 1.42. The van der Waals surface area contributed by atoms with Crippen LogP contribution in [-0.4, -0.2) is 68.4 Å². The molecule has 0 aliphatic carbocycles. The van der Waals surface area contributed by atoms with Crippen LogP contribution in [0.25, 0.3) is 38.3 Å². The van der Waals surface area contributed by atoms with Crippen LogP contribution < -0.4 is 10.3 Å². The number of hydrogen-bond donors (Lipinski definition) is 1. The number of nitriles is 1. The predicted octanol–water partition coefficient (Wildman–Crippen LogP) is 6.19. The quantitative estimate of drug-likeness (QED) is 0.185. The minimum atomic E-state index is -4.35. The molecule has 1 N–H and O–H groups in total. The highest BCUT2D eigenvalue weighted by Gasteiger charge is 2.28. The van der Waals surface area contributed by atoms with Crippen molar-refractivity contribution in [2.45, 2.75) is 19.6 Å². The van der Waals surface area contributed by atoms with Crippen molar-refractivity contribution in [1.82, 2.24) is 24.4 Å². The van der Waals surface area contributed by atoms with E-state index in [9.17, 15) is 33.1 Å². The van der Waals surface area contributed by atoms with Gasteiger partial charge < -0.3 is 9.84 Å². The zero-order chi connectivity index (χ0) is 33.2. The number of aryl methyl sites for hydroxylation is 1. The molecule has 0 spiro atoms. The molecule has 4 heterocycles. The second kappa shape index (κ2) is 13.3. The molecule has 0 unspecified atom stereocenters. The molecule has 0 radical (unpaired) electrons. The number of pyridine rings is 2. The van der Waals surface area contributed by atoms with Gasteiger partial charge in [0.1, 0.15) is 24.3 Å². The molecule has 0 saturated heterocycles. The number of likely N-dealkylation sites (N-methyl/N-ethyl adjacent to an activating group) is 1. The van der Waals surface area contributed by atoms with E-state index in [-0.39, 0.29) is 47.4 Å². The third-order valence-corrected chi connectivity index (χ3v) is 8.20. The van der Waals surface area contributed by atoms with Gasteiger partial charge in [-0.1, -0.05) is 17.7 Å². The zero-order valence-corrected chi connectivity index (χ0v) is 25.9. The summed E-state index contributed by atoms with van der Waals surface area (Å²) in [4.78, 5) is 39.3. The maximum absolute atomic E-state index is 13.7. The van der Waals surface area contributed by atoms with Gasteiger partial charge in [0.25, 0.3) is 5.56 Å². The lowest BCUT2D eigenvalue weighted by Gasteiger charge is -2.16. The Morgan fingerprint density at radius 3 is 2.76 bits per heavy atom. The lowest BCUT2D eigenvalue weighted by molar-refractivity contribution is -0.141. The van der Waals surface area contributed by atoms with Gasteiger partial charge >= 0.3 is 12.1 Å². The SMILES string of the molecule is Cc1nc2cnc(/C=C/CN(C)CC(F)(F)F)c(C#N)c2c(=O)n1CCOc1ccc(Cl)cc1-c1ccnc2c(C(=O)O)csc12. The summed E-state index contributed by atoms with van der Waals surface area (Å²) in [5, 5.41) is 21.4. The average molecular weight is 669 g/mol. The van der Waals surface area contributed by atoms with Gasteiger partial charge in [-0.05, 0) is 44.3 Å². The summed E-state index contributed by atoms with van der Waals surface area (Å²) in [6, 6.07) is 8.75. The molecular formula is C31H24ClF3N6O4S. The molecule has 0 aliphatic heterocycles. The molecule has 46 heavy (non-hydrogen) atoms. The van der Waals surface area contributed by atoms with Gasteiger partial charge in [-0.3, -0.25) is 24.2 Å². The van der Waals surface area contributed by atoms with Crippen molar-refractivity contribution in [1.29, 1.82) is 5.26 Å². The van der Waals surface area contributed by atoms with E-state index in [2.05, 4.69) is 15.0 Å². The number of benzene rings is 1. The number of ether oxygens (including phenoxy) is 1. The number of fused-ring (bicyclic) bond motifs is 2. The summed E-state index contributed by atoms with van der Waals surface area (Å²) in [6.07, 6.45) is 1.35.